The average Bonchev–Trinajstić information content (AvgIpc) is 2.39. The largest absolute Gasteiger partial charge is 0.488 e. The van der Waals surface area contributed by atoms with Crippen LogP contribution in [-0.4, -0.2) is 6.04 Å². The van der Waals surface area contributed by atoms with Gasteiger partial charge in [0.15, 0.2) is 0 Å². The predicted molar refractivity (Wildman–Crippen MR) is 87.0 cm³/mol. The topological polar surface area (TPSA) is 35.2 Å². The van der Waals surface area contributed by atoms with Crippen LogP contribution < -0.4 is 10.5 Å². The Morgan fingerprint density at radius 2 is 1.95 bits per heavy atom. The van der Waals surface area contributed by atoms with E-state index in [4.69, 9.17) is 10.5 Å². The van der Waals surface area contributed by atoms with Gasteiger partial charge in [0.05, 0.1) is 4.47 Å². The number of rotatable bonds is 5. The molecule has 1 unspecified atom stereocenters. The molecule has 0 saturated heterocycles. The summed E-state index contributed by atoms with van der Waals surface area (Å²) in [5.74, 6) is 0.863. The van der Waals surface area contributed by atoms with Gasteiger partial charge >= 0.3 is 0 Å². The van der Waals surface area contributed by atoms with Gasteiger partial charge in [-0.05, 0) is 65.0 Å². The summed E-state index contributed by atoms with van der Waals surface area (Å²) in [6.07, 6.45) is 0.872. The van der Waals surface area contributed by atoms with E-state index in [-0.39, 0.29) is 6.04 Å². The Bertz CT molecular complexity index is 581. The van der Waals surface area contributed by atoms with Gasteiger partial charge in [-0.2, -0.15) is 0 Å². The van der Waals surface area contributed by atoms with Crippen LogP contribution in [0.1, 0.15) is 23.6 Å². The maximum absolute atomic E-state index is 5.89. The Morgan fingerprint density at radius 1 is 1.20 bits per heavy atom. The van der Waals surface area contributed by atoms with Crippen LogP contribution in [0.4, 0.5) is 0 Å². The van der Waals surface area contributed by atoms with Crippen molar-refractivity contribution < 1.29 is 4.74 Å². The summed E-state index contributed by atoms with van der Waals surface area (Å²) in [6.45, 7) is 4.69. The van der Waals surface area contributed by atoms with Crippen molar-refractivity contribution in [1.29, 1.82) is 0 Å². The standard InChI is InChI=1S/C17H20BrNO/c1-12-5-3-4-6-15(12)11-20-17-8-7-14(9-13(2)19)10-16(17)18/h3-8,10,13H,9,11,19H2,1-2H3. The van der Waals surface area contributed by atoms with E-state index in [0.29, 0.717) is 6.61 Å². The van der Waals surface area contributed by atoms with Crippen molar-refractivity contribution in [1.82, 2.24) is 0 Å². The Balaban J connectivity index is 2.05. The van der Waals surface area contributed by atoms with E-state index in [1.165, 1.54) is 16.7 Å². The average molecular weight is 334 g/mol. The quantitative estimate of drug-likeness (QED) is 0.888. The van der Waals surface area contributed by atoms with E-state index in [2.05, 4.69) is 47.1 Å². The van der Waals surface area contributed by atoms with Gasteiger partial charge in [0.1, 0.15) is 12.4 Å². The van der Waals surface area contributed by atoms with Crippen molar-refractivity contribution in [2.45, 2.75) is 32.9 Å². The number of hydrogen-bond donors (Lipinski definition) is 1. The van der Waals surface area contributed by atoms with Gasteiger partial charge in [0.2, 0.25) is 0 Å². The smallest absolute Gasteiger partial charge is 0.134 e. The number of aryl methyl sites for hydroxylation is 1. The van der Waals surface area contributed by atoms with E-state index >= 15 is 0 Å². The summed E-state index contributed by atoms with van der Waals surface area (Å²) >= 11 is 3.56. The highest BCUT2D eigenvalue weighted by molar-refractivity contribution is 9.10. The van der Waals surface area contributed by atoms with E-state index in [1.807, 2.05) is 25.1 Å². The van der Waals surface area contributed by atoms with Gasteiger partial charge in [-0.3, -0.25) is 0 Å². The summed E-state index contributed by atoms with van der Waals surface area (Å²) in [7, 11) is 0. The molecule has 2 aromatic rings. The molecule has 0 aromatic heterocycles. The molecule has 0 spiro atoms. The Morgan fingerprint density at radius 3 is 2.60 bits per heavy atom. The van der Waals surface area contributed by atoms with Gasteiger partial charge in [-0.15, -0.1) is 0 Å². The van der Waals surface area contributed by atoms with Crippen molar-refractivity contribution in [3.05, 3.63) is 63.6 Å². The molecule has 0 aliphatic carbocycles. The SMILES string of the molecule is Cc1ccccc1COc1ccc(CC(C)N)cc1Br. The zero-order chi connectivity index (χ0) is 14.5. The third-order valence-electron chi connectivity index (χ3n) is 3.20. The molecule has 1 atom stereocenters. The van der Waals surface area contributed by atoms with Crippen molar-refractivity contribution in [2.75, 3.05) is 0 Å². The minimum Gasteiger partial charge on any atom is -0.488 e. The first-order valence-electron chi connectivity index (χ1n) is 6.77. The van der Waals surface area contributed by atoms with Crippen molar-refractivity contribution in [3.8, 4) is 5.75 Å². The predicted octanol–water partition coefficient (Wildman–Crippen LogP) is 4.23. The number of nitrogens with two attached hydrogens (primary N) is 1. The molecule has 2 aromatic carbocycles. The first-order chi connectivity index (χ1) is 9.56. The Hall–Kier alpha value is -1.32. The molecule has 0 amide bonds. The van der Waals surface area contributed by atoms with Gasteiger partial charge < -0.3 is 10.5 Å². The van der Waals surface area contributed by atoms with E-state index in [1.54, 1.807) is 0 Å². The zero-order valence-electron chi connectivity index (χ0n) is 11.9. The molecular formula is C17H20BrNO. The highest BCUT2D eigenvalue weighted by atomic mass is 79.9. The van der Waals surface area contributed by atoms with E-state index in [9.17, 15) is 0 Å². The Labute approximate surface area is 129 Å². The van der Waals surface area contributed by atoms with Crippen LogP contribution in [0.5, 0.6) is 5.75 Å². The first kappa shape index (κ1) is 15.1. The minimum absolute atomic E-state index is 0.167. The van der Waals surface area contributed by atoms with Crippen LogP contribution in [0, 0.1) is 6.92 Å². The van der Waals surface area contributed by atoms with Crippen LogP contribution in [0.15, 0.2) is 46.9 Å². The third kappa shape index (κ3) is 4.09. The summed E-state index contributed by atoms with van der Waals surface area (Å²) in [5, 5.41) is 0. The molecule has 0 radical (unpaired) electrons. The van der Waals surface area contributed by atoms with Gasteiger partial charge in [0, 0.05) is 6.04 Å². The molecule has 2 rings (SSSR count). The lowest BCUT2D eigenvalue weighted by Crippen LogP contribution is -2.17. The molecule has 0 saturated carbocycles. The minimum atomic E-state index is 0.167. The fourth-order valence-electron chi connectivity index (χ4n) is 2.09. The van der Waals surface area contributed by atoms with Gasteiger partial charge in [-0.25, -0.2) is 0 Å². The van der Waals surface area contributed by atoms with Gasteiger partial charge in [0.25, 0.3) is 0 Å². The number of benzene rings is 2. The van der Waals surface area contributed by atoms with Gasteiger partial charge in [-0.1, -0.05) is 30.3 Å². The molecule has 2 nitrogen and oxygen atoms in total. The van der Waals surface area contributed by atoms with Crippen LogP contribution in [-0.2, 0) is 13.0 Å². The van der Waals surface area contributed by atoms with Crippen LogP contribution in [0.3, 0.4) is 0 Å². The summed E-state index contributed by atoms with van der Waals surface area (Å²) in [4.78, 5) is 0. The molecule has 0 aliphatic heterocycles. The molecular weight excluding hydrogens is 314 g/mol. The monoisotopic (exact) mass is 333 g/mol. The van der Waals surface area contributed by atoms with Crippen molar-refractivity contribution >= 4 is 15.9 Å². The lowest BCUT2D eigenvalue weighted by atomic mass is 10.1. The van der Waals surface area contributed by atoms with Crippen LogP contribution >= 0.6 is 15.9 Å². The second-order valence-electron chi connectivity index (χ2n) is 5.16. The normalized spacial score (nSPS) is 12.2. The highest BCUT2D eigenvalue weighted by Crippen LogP contribution is 2.27. The summed E-state index contributed by atoms with van der Waals surface area (Å²) < 4.78 is 6.86. The molecule has 0 heterocycles. The fraction of sp³-hybridized carbons (Fsp3) is 0.294. The molecule has 3 heteroatoms. The molecule has 106 valence electrons. The molecule has 20 heavy (non-hydrogen) atoms. The maximum Gasteiger partial charge on any atom is 0.134 e. The molecule has 0 bridgehead atoms. The first-order valence-corrected chi connectivity index (χ1v) is 7.57. The summed E-state index contributed by atoms with van der Waals surface area (Å²) in [6, 6.07) is 14.6. The lowest BCUT2D eigenvalue weighted by Gasteiger charge is -2.12. The van der Waals surface area contributed by atoms with E-state index < -0.39 is 0 Å². The molecule has 0 fully saturated rings. The van der Waals surface area contributed by atoms with Crippen molar-refractivity contribution in [2.24, 2.45) is 5.73 Å². The molecule has 0 aliphatic rings. The number of hydrogen-bond acceptors (Lipinski definition) is 2. The van der Waals surface area contributed by atoms with E-state index in [0.717, 1.165) is 16.6 Å². The number of ether oxygens (including phenoxy) is 1. The fourth-order valence-corrected chi connectivity index (χ4v) is 2.63. The molecule has 2 N–H and O–H groups in total. The van der Waals surface area contributed by atoms with Crippen LogP contribution in [0.25, 0.3) is 0 Å². The summed E-state index contributed by atoms with van der Waals surface area (Å²) in [5.41, 5.74) is 9.49. The Kier molecular flexibility index (Phi) is 5.21. The zero-order valence-corrected chi connectivity index (χ0v) is 13.5. The van der Waals surface area contributed by atoms with Crippen molar-refractivity contribution in [3.63, 3.8) is 0 Å². The second-order valence-corrected chi connectivity index (χ2v) is 6.02. The number of halogens is 1. The van der Waals surface area contributed by atoms with Crippen LogP contribution in [0.2, 0.25) is 0 Å². The second kappa shape index (κ2) is 6.91. The maximum atomic E-state index is 5.89. The third-order valence-corrected chi connectivity index (χ3v) is 3.82. The highest BCUT2D eigenvalue weighted by Gasteiger charge is 2.05. The lowest BCUT2D eigenvalue weighted by molar-refractivity contribution is 0.303.